The van der Waals surface area contributed by atoms with Gasteiger partial charge in [0.15, 0.2) is 5.82 Å². The van der Waals surface area contributed by atoms with Gasteiger partial charge < -0.3 is 10.2 Å². The van der Waals surface area contributed by atoms with Gasteiger partial charge in [-0.1, -0.05) is 0 Å². The highest BCUT2D eigenvalue weighted by Gasteiger charge is 2.35. The SMILES string of the molecule is O=C(NCC(F)(F)F)C1CCCN1c1nsc2cccnc12. The van der Waals surface area contributed by atoms with E-state index in [0.717, 1.165) is 11.1 Å². The first-order valence-electron chi connectivity index (χ1n) is 6.77. The summed E-state index contributed by atoms with van der Waals surface area (Å²) in [5.74, 6) is -0.0443. The Kier molecular flexibility index (Phi) is 3.90. The Morgan fingerprint density at radius 1 is 1.50 bits per heavy atom. The minimum Gasteiger partial charge on any atom is -0.345 e. The maximum absolute atomic E-state index is 12.2. The minimum atomic E-state index is -4.41. The van der Waals surface area contributed by atoms with Crippen molar-refractivity contribution in [1.29, 1.82) is 0 Å². The van der Waals surface area contributed by atoms with Gasteiger partial charge in [-0.3, -0.25) is 9.78 Å². The molecule has 5 nitrogen and oxygen atoms in total. The molecule has 118 valence electrons. The average molecular weight is 330 g/mol. The van der Waals surface area contributed by atoms with Crippen LogP contribution in [0.1, 0.15) is 12.8 Å². The summed E-state index contributed by atoms with van der Waals surface area (Å²) in [6.07, 6.45) is -1.53. The van der Waals surface area contributed by atoms with Crippen molar-refractivity contribution in [1.82, 2.24) is 14.7 Å². The number of nitrogens with one attached hydrogen (secondary N) is 1. The number of rotatable bonds is 3. The van der Waals surface area contributed by atoms with Crippen molar-refractivity contribution in [3.05, 3.63) is 18.3 Å². The number of hydrogen-bond acceptors (Lipinski definition) is 5. The second kappa shape index (κ2) is 5.71. The quantitative estimate of drug-likeness (QED) is 0.938. The van der Waals surface area contributed by atoms with Crippen molar-refractivity contribution in [2.24, 2.45) is 0 Å². The van der Waals surface area contributed by atoms with Gasteiger partial charge in [-0.2, -0.15) is 17.5 Å². The van der Waals surface area contributed by atoms with Gasteiger partial charge in [0.1, 0.15) is 18.1 Å². The van der Waals surface area contributed by atoms with Crippen molar-refractivity contribution in [3.8, 4) is 0 Å². The Bertz CT molecular complexity index is 687. The highest BCUT2D eigenvalue weighted by atomic mass is 32.1. The normalized spacial score (nSPS) is 18.9. The first-order chi connectivity index (χ1) is 10.5. The zero-order valence-corrected chi connectivity index (χ0v) is 12.2. The zero-order valence-electron chi connectivity index (χ0n) is 11.4. The summed E-state index contributed by atoms with van der Waals surface area (Å²) < 4.78 is 41.9. The molecule has 2 aromatic heterocycles. The van der Waals surface area contributed by atoms with E-state index in [1.54, 1.807) is 17.2 Å². The molecule has 0 aliphatic carbocycles. The maximum Gasteiger partial charge on any atom is 0.405 e. The van der Waals surface area contributed by atoms with Crippen LogP contribution in [-0.4, -0.2) is 40.6 Å². The maximum atomic E-state index is 12.2. The number of carbonyl (C=O) groups excluding carboxylic acids is 1. The van der Waals surface area contributed by atoms with Crippen LogP contribution in [0.4, 0.5) is 19.0 Å². The minimum absolute atomic E-state index is 0.509. The molecule has 1 unspecified atom stereocenters. The van der Waals surface area contributed by atoms with Crippen LogP contribution in [0.3, 0.4) is 0 Å². The van der Waals surface area contributed by atoms with Crippen LogP contribution in [0.2, 0.25) is 0 Å². The van der Waals surface area contributed by atoms with Crippen LogP contribution in [0.25, 0.3) is 10.2 Å². The molecule has 22 heavy (non-hydrogen) atoms. The molecule has 3 rings (SSSR count). The van der Waals surface area contributed by atoms with Crippen molar-refractivity contribution in [3.63, 3.8) is 0 Å². The van der Waals surface area contributed by atoms with E-state index in [4.69, 9.17) is 0 Å². The van der Waals surface area contributed by atoms with Gasteiger partial charge >= 0.3 is 6.18 Å². The van der Waals surface area contributed by atoms with E-state index in [-0.39, 0.29) is 0 Å². The lowest BCUT2D eigenvalue weighted by atomic mass is 10.2. The number of fused-ring (bicyclic) bond motifs is 1. The molecule has 0 aromatic carbocycles. The molecule has 1 saturated heterocycles. The molecule has 1 atom stereocenters. The van der Waals surface area contributed by atoms with Gasteiger partial charge in [-0.25, -0.2) is 0 Å². The molecule has 3 heterocycles. The van der Waals surface area contributed by atoms with Crippen LogP contribution in [0.5, 0.6) is 0 Å². The second-order valence-electron chi connectivity index (χ2n) is 5.04. The second-order valence-corrected chi connectivity index (χ2v) is 5.85. The Labute approximate surface area is 128 Å². The summed E-state index contributed by atoms with van der Waals surface area (Å²) in [5, 5.41) is 1.95. The molecule has 0 bridgehead atoms. The molecule has 1 amide bonds. The molecule has 0 spiro atoms. The number of amides is 1. The number of nitrogens with zero attached hydrogens (tertiary/aromatic N) is 3. The fourth-order valence-electron chi connectivity index (χ4n) is 2.55. The lowest BCUT2D eigenvalue weighted by Crippen LogP contribution is -2.46. The van der Waals surface area contributed by atoms with Gasteiger partial charge in [-0.05, 0) is 36.5 Å². The number of carbonyl (C=O) groups is 1. The summed E-state index contributed by atoms with van der Waals surface area (Å²) in [6.45, 7) is -0.730. The molecule has 0 saturated carbocycles. The van der Waals surface area contributed by atoms with Crippen LogP contribution in [-0.2, 0) is 4.79 Å². The Balaban J connectivity index is 1.80. The summed E-state index contributed by atoms with van der Waals surface area (Å²) in [6, 6.07) is 3.04. The third-order valence-electron chi connectivity index (χ3n) is 3.50. The summed E-state index contributed by atoms with van der Waals surface area (Å²) >= 11 is 1.27. The summed E-state index contributed by atoms with van der Waals surface area (Å²) in [5.41, 5.74) is 0.683. The van der Waals surface area contributed by atoms with Crippen molar-refractivity contribution >= 4 is 33.5 Å². The number of alkyl halides is 3. The van der Waals surface area contributed by atoms with Gasteiger partial charge in [0.2, 0.25) is 5.91 Å². The van der Waals surface area contributed by atoms with E-state index in [9.17, 15) is 18.0 Å². The van der Waals surface area contributed by atoms with Crippen molar-refractivity contribution in [2.75, 3.05) is 18.0 Å². The molecular weight excluding hydrogens is 317 g/mol. The smallest absolute Gasteiger partial charge is 0.345 e. The largest absolute Gasteiger partial charge is 0.405 e. The summed E-state index contributed by atoms with van der Waals surface area (Å²) in [7, 11) is 0. The van der Waals surface area contributed by atoms with Gasteiger partial charge in [-0.15, -0.1) is 0 Å². The number of anilines is 1. The van der Waals surface area contributed by atoms with E-state index >= 15 is 0 Å². The molecule has 0 radical (unpaired) electrons. The Hall–Kier alpha value is -1.90. The first kappa shape index (κ1) is 15.0. The fourth-order valence-corrected chi connectivity index (χ4v) is 3.30. The van der Waals surface area contributed by atoms with Crippen molar-refractivity contribution in [2.45, 2.75) is 25.1 Å². The molecule has 2 aromatic rings. The zero-order chi connectivity index (χ0) is 15.7. The fraction of sp³-hybridized carbons (Fsp3) is 0.462. The standard InChI is InChI=1S/C13H13F3N4OS/c14-13(15,16)7-18-12(21)8-3-2-6-20(8)11-10-9(22-19-11)4-1-5-17-10/h1,4-5,8H,2-3,6-7H2,(H,18,21). The summed E-state index contributed by atoms with van der Waals surface area (Å²) in [4.78, 5) is 18.0. The van der Waals surface area contributed by atoms with Crippen LogP contribution < -0.4 is 10.2 Å². The monoisotopic (exact) mass is 330 g/mol. The number of hydrogen-bond donors (Lipinski definition) is 1. The third kappa shape index (κ3) is 2.99. The highest BCUT2D eigenvalue weighted by molar-refractivity contribution is 7.13. The van der Waals surface area contributed by atoms with E-state index in [2.05, 4.69) is 9.36 Å². The van der Waals surface area contributed by atoms with Crippen LogP contribution in [0.15, 0.2) is 18.3 Å². The van der Waals surface area contributed by atoms with Gasteiger partial charge in [0, 0.05) is 12.7 Å². The molecule has 1 fully saturated rings. The van der Waals surface area contributed by atoms with Crippen molar-refractivity contribution < 1.29 is 18.0 Å². The average Bonchev–Trinajstić information content (AvgIpc) is 3.09. The number of aromatic nitrogens is 2. The van der Waals surface area contributed by atoms with Crippen LogP contribution in [0, 0.1) is 0 Å². The van der Waals surface area contributed by atoms with E-state index in [0.29, 0.717) is 24.3 Å². The Morgan fingerprint density at radius 2 is 2.32 bits per heavy atom. The van der Waals surface area contributed by atoms with E-state index in [1.807, 2.05) is 11.4 Å². The first-order valence-corrected chi connectivity index (χ1v) is 7.54. The molecule has 9 heteroatoms. The molecule has 1 aliphatic heterocycles. The lowest BCUT2D eigenvalue weighted by Gasteiger charge is -2.24. The molecule has 1 N–H and O–H groups in total. The lowest BCUT2D eigenvalue weighted by molar-refractivity contribution is -0.139. The van der Waals surface area contributed by atoms with Gasteiger partial charge in [0.05, 0.1) is 4.70 Å². The predicted molar refractivity (Wildman–Crippen MR) is 76.8 cm³/mol. The Morgan fingerprint density at radius 3 is 3.09 bits per heavy atom. The molecular formula is C13H13F3N4OS. The van der Waals surface area contributed by atoms with E-state index < -0.39 is 24.7 Å². The number of pyridine rings is 1. The topological polar surface area (TPSA) is 58.1 Å². The van der Waals surface area contributed by atoms with Gasteiger partial charge in [0.25, 0.3) is 0 Å². The van der Waals surface area contributed by atoms with E-state index in [1.165, 1.54) is 11.5 Å². The predicted octanol–water partition coefficient (Wildman–Crippen LogP) is 2.34. The highest BCUT2D eigenvalue weighted by Crippen LogP contribution is 2.32. The third-order valence-corrected chi connectivity index (χ3v) is 4.29. The van der Waals surface area contributed by atoms with Crippen LogP contribution >= 0.6 is 11.5 Å². The molecule has 1 aliphatic rings. The number of halogens is 3.